The third kappa shape index (κ3) is 3.41. The first-order valence-electron chi connectivity index (χ1n) is 6.31. The highest BCUT2D eigenvalue weighted by Crippen LogP contribution is 2.23. The first-order chi connectivity index (χ1) is 9.06. The SMILES string of the molecule is CC(=O)c1ccnc(Oc2ccc(C(C)C)cc2)c1. The van der Waals surface area contributed by atoms with Crippen LogP contribution in [-0.2, 0) is 0 Å². The number of ketones is 1. The van der Waals surface area contributed by atoms with E-state index in [0.29, 0.717) is 17.4 Å². The molecule has 0 atom stereocenters. The predicted octanol–water partition coefficient (Wildman–Crippen LogP) is 4.20. The molecule has 1 heterocycles. The predicted molar refractivity (Wildman–Crippen MR) is 74.8 cm³/mol. The monoisotopic (exact) mass is 255 g/mol. The summed E-state index contributed by atoms with van der Waals surface area (Å²) in [7, 11) is 0. The second kappa shape index (κ2) is 5.65. The van der Waals surface area contributed by atoms with Crippen molar-refractivity contribution in [3.63, 3.8) is 0 Å². The molecule has 1 aromatic carbocycles. The van der Waals surface area contributed by atoms with E-state index in [9.17, 15) is 4.79 Å². The van der Waals surface area contributed by atoms with Crippen LogP contribution in [0.15, 0.2) is 42.6 Å². The third-order valence-electron chi connectivity index (χ3n) is 2.91. The van der Waals surface area contributed by atoms with Gasteiger partial charge in [-0.1, -0.05) is 26.0 Å². The minimum atomic E-state index is 0.00223. The van der Waals surface area contributed by atoms with E-state index in [-0.39, 0.29) is 5.78 Å². The maximum atomic E-state index is 11.3. The van der Waals surface area contributed by atoms with Gasteiger partial charge in [-0.15, -0.1) is 0 Å². The van der Waals surface area contributed by atoms with Crippen LogP contribution >= 0.6 is 0 Å². The lowest BCUT2D eigenvalue weighted by Crippen LogP contribution is -1.95. The minimum Gasteiger partial charge on any atom is -0.439 e. The summed E-state index contributed by atoms with van der Waals surface area (Å²) in [5.41, 5.74) is 1.86. The van der Waals surface area contributed by atoms with Crippen molar-refractivity contribution in [2.24, 2.45) is 0 Å². The summed E-state index contributed by atoms with van der Waals surface area (Å²) in [6, 6.07) is 11.2. The lowest BCUT2D eigenvalue weighted by Gasteiger charge is -2.08. The molecule has 0 unspecified atom stereocenters. The molecular formula is C16H17NO2. The number of hydrogen-bond donors (Lipinski definition) is 0. The highest BCUT2D eigenvalue weighted by Gasteiger charge is 2.04. The second-order valence-electron chi connectivity index (χ2n) is 4.76. The van der Waals surface area contributed by atoms with Crippen molar-refractivity contribution in [1.82, 2.24) is 4.98 Å². The molecule has 2 rings (SSSR count). The van der Waals surface area contributed by atoms with Crippen molar-refractivity contribution in [2.75, 3.05) is 0 Å². The quantitative estimate of drug-likeness (QED) is 0.768. The molecule has 0 aliphatic carbocycles. The molecule has 0 aliphatic rings. The summed E-state index contributed by atoms with van der Waals surface area (Å²) in [5.74, 6) is 1.65. The zero-order chi connectivity index (χ0) is 13.8. The fourth-order valence-electron chi connectivity index (χ4n) is 1.73. The van der Waals surface area contributed by atoms with E-state index in [1.807, 2.05) is 24.3 Å². The number of benzene rings is 1. The molecule has 0 amide bonds. The summed E-state index contributed by atoms with van der Waals surface area (Å²) < 4.78 is 5.64. The fourth-order valence-corrected chi connectivity index (χ4v) is 1.73. The van der Waals surface area contributed by atoms with Gasteiger partial charge in [0.25, 0.3) is 0 Å². The van der Waals surface area contributed by atoms with Crippen molar-refractivity contribution in [3.05, 3.63) is 53.7 Å². The lowest BCUT2D eigenvalue weighted by molar-refractivity contribution is 0.101. The average Bonchev–Trinajstić information content (AvgIpc) is 2.39. The smallest absolute Gasteiger partial charge is 0.219 e. The van der Waals surface area contributed by atoms with Gasteiger partial charge in [0, 0.05) is 17.8 Å². The number of carbonyl (C=O) groups is 1. The third-order valence-corrected chi connectivity index (χ3v) is 2.91. The van der Waals surface area contributed by atoms with Crippen LogP contribution in [0.4, 0.5) is 0 Å². The summed E-state index contributed by atoms with van der Waals surface area (Å²) in [6.07, 6.45) is 1.58. The van der Waals surface area contributed by atoms with E-state index in [0.717, 1.165) is 5.75 Å². The molecule has 3 heteroatoms. The summed E-state index contributed by atoms with van der Waals surface area (Å²) in [5, 5.41) is 0. The van der Waals surface area contributed by atoms with E-state index in [4.69, 9.17) is 4.74 Å². The second-order valence-corrected chi connectivity index (χ2v) is 4.76. The number of pyridine rings is 1. The Kier molecular flexibility index (Phi) is 3.95. The Hall–Kier alpha value is -2.16. The Labute approximate surface area is 113 Å². The molecule has 0 spiro atoms. The van der Waals surface area contributed by atoms with E-state index in [1.54, 1.807) is 18.3 Å². The van der Waals surface area contributed by atoms with Gasteiger partial charge in [-0.05, 0) is 36.6 Å². The first-order valence-corrected chi connectivity index (χ1v) is 6.31. The molecule has 0 bridgehead atoms. The Morgan fingerprint density at radius 1 is 1.16 bits per heavy atom. The fraction of sp³-hybridized carbons (Fsp3) is 0.250. The standard InChI is InChI=1S/C16H17NO2/c1-11(2)13-4-6-15(7-5-13)19-16-10-14(12(3)18)8-9-17-16/h4-11H,1-3H3. The molecule has 0 radical (unpaired) electrons. The van der Waals surface area contributed by atoms with Gasteiger partial charge in [-0.25, -0.2) is 4.98 Å². The van der Waals surface area contributed by atoms with Crippen LogP contribution < -0.4 is 4.74 Å². The van der Waals surface area contributed by atoms with E-state index < -0.39 is 0 Å². The summed E-state index contributed by atoms with van der Waals surface area (Å²) >= 11 is 0. The molecule has 0 saturated carbocycles. The van der Waals surface area contributed by atoms with Gasteiger partial charge in [0.2, 0.25) is 5.88 Å². The Morgan fingerprint density at radius 3 is 2.42 bits per heavy atom. The van der Waals surface area contributed by atoms with Gasteiger partial charge in [0.05, 0.1) is 0 Å². The molecule has 0 fully saturated rings. The van der Waals surface area contributed by atoms with Gasteiger partial charge >= 0.3 is 0 Å². The summed E-state index contributed by atoms with van der Waals surface area (Å²) in [6.45, 7) is 5.82. The van der Waals surface area contributed by atoms with Gasteiger partial charge in [0.1, 0.15) is 5.75 Å². The van der Waals surface area contributed by atoms with Crippen LogP contribution in [0.1, 0.15) is 42.6 Å². The van der Waals surface area contributed by atoms with Gasteiger partial charge in [-0.3, -0.25) is 4.79 Å². The molecule has 2 aromatic rings. The Morgan fingerprint density at radius 2 is 1.84 bits per heavy atom. The molecule has 3 nitrogen and oxygen atoms in total. The number of ether oxygens (including phenoxy) is 1. The molecular weight excluding hydrogens is 238 g/mol. The number of nitrogens with zero attached hydrogens (tertiary/aromatic N) is 1. The zero-order valence-electron chi connectivity index (χ0n) is 11.4. The van der Waals surface area contributed by atoms with Crippen LogP contribution in [-0.4, -0.2) is 10.8 Å². The Balaban J connectivity index is 2.16. The van der Waals surface area contributed by atoms with Crippen molar-refractivity contribution < 1.29 is 9.53 Å². The van der Waals surface area contributed by atoms with Gasteiger partial charge in [-0.2, -0.15) is 0 Å². The molecule has 0 N–H and O–H groups in total. The lowest BCUT2D eigenvalue weighted by atomic mass is 10.0. The maximum Gasteiger partial charge on any atom is 0.219 e. The minimum absolute atomic E-state index is 0.00223. The van der Waals surface area contributed by atoms with Crippen LogP contribution in [0, 0.1) is 0 Å². The number of rotatable bonds is 4. The number of Topliss-reactive ketones (excluding diaryl/α,β-unsaturated/α-hetero) is 1. The van der Waals surface area contributed by atoms with Gasteiger partial charge < -0.3 is 4.74 Å². The van der Waals surface area contributed by atoms with E-state index in [1.165, 1.54) is 12.5 Å². The number of aromatic nitrogens is 1. The van der Waals surface area contributed by atoms with Crippen LogP contribution in [0.5, 0.6) is 11.6 Å². The van der Waals surface area contributed by atoms with Crippen LogP contribution in [0.2, 0.25) is 0 Å². The number of hydrogen-bond acceptors (Lipinski definition) is 3. The van der Waals surface area contributed by atoms with Crippen LogP contribution in [0.25, 0.3) is 0 Å². The largest absolute Gasteiger partial charge is 0.439 e. The van der Waals surface area contributed by atoms with Crippen molar-refractivity contribution in [1.29, 1.82) is 0 Å². The van der Waals surface area contributed by atoms with E-state index in [2.05, 4.69) is 18.8 Å². The Bertz CT molecular complexity index is 574. The maximum absolute atomic E-state index is 11.3. The van der Waals surface area contributed by atoms with Crippen molar-refractivity contribution in [3.8, 4) is 11.6 Å². The first kappa shape index (κ1) is 13.3. The van der Waals surface area contributed by atoms with Crippen LogP contribution in [0.3, 0.4) is 0 Å². The molecule has 98 valence electrons. The summed E-state index contributed by atoms with van der Waals surface area (Å²) in [4.78, 5) is 15.4. The average molecular weight is 255 g/mol. The highest BCUT2D eigenvalue weighted by atomic mass is 16.5. The van der Waals surface area contributed by atoms with E-state index >= 15 is 0 Å². The molecule has 19 heavy (non-hydrogen) atoms. The topological polar surface area (TPSA) is 39.2 Å². The molecule has 0 aliphatic heterocycles. The number of carbonyl (C=O) groups excluding carboxylic acids is 1. The highest BCUT2D eigenvalue weighted by molar-refractivity contribution is 5.94. The normalized spacial score (nSPS) is 10.5. The van der Waals surface area contributed by atoms with Crippen molar-refractivity contribution in [2.45, 2.75) is 26.7 Å². The zero-order valence-corrected chi connectivity index (χ0v) is 11.4. The van der Waals surface area contributed by atoms with Crippen molar-refractivity contribution >= 4 is 5.78 Å². The molecule has 1 aromatic heterocycles. The van der Waals surface area contributed by atoms with Gasteiger partial charge in [0.15, 0.2) is 5.78 Å². The molecule has 0 saturated heterocycles.